The van der Waals surface area contributed by atoms with Crippen molar-refractivity contribution in [1.82, 2.24) is 15.5 Å². The number of likely N-dealkylation sites (tertiary alicyclic amines) is 1. The molecule has 3 amide bonds. The maximum atomic E-state index is 12.8. The fraction of sp³-hybridized carbons (Fsp3) is 0.529. The van der Waals surface area contributed by atoms with Crippen LogP contribution in [0.1, 0.15) is 16.8 Å². The Kier molecular flexibility index (Phi) is 4.96. The quantitative estimate of drug-likeness (QED) is 0.845. The molecule has 7 heteroatoms. The van der Waals surface area contributed by atoms with E-state index in [1.165, 1.54) is 0 Å². The molecule has 0 saturated carbocycles. The van der Waals surface area contributed by atoms with Gasteiger partial charge in [-0.3, -0.25) is 9.69 Å². The third-order valence-corrected chi connectivity index (χ3v) is 5.16. The summed E-state index contributed by atoms with van der Waals surface area (Å²) in [4.78, 5) is 28.4. The molecule has 0 unspecified atom stereocenters. The minimum Gasteiger partial charge on any atom is -0.338 e. The number of hydrogen-bond donors (Lipinski definition) is 2. The lowest BCUT2D eigenvalue weighted by Crippen LogP contribution is -2.46. The summed E-state index contributed by atoms with van der Waals surface area (Å²) in [5, 5.41) is 6.24. The summed E-state index contributed by atoms with van der Waals surface area (Å²) in [6.45, 7) is 5.13. The lowest BCUT2D eigenvalue weighted by Gasteiger charge is -2.28. The van der Waals surface area contributed by atoms with E-state index in [0.717, 1.165) is 44.8 Å². The van der Waals surface area contributed by atoms with Crippen LogP contribution in [0.15, 0.2) is 24.3 Å². The molecule has 0 aliphatic carbocycles. The maximum absolute atomic E-state index is 12.8. The Morgan fingerprint density at radius 2 is 1.92 bits per heavy atom. The zero-order valence-electron chi connectivity index (χ0n) is 13.5. The molecule has 4 rings (SSSR count). The summed E-state index contributed by atoms with van der Waals surface area (Å²) < 4.78 is 0. The van der Waals surface area contributed by atoms with Crippen LogP contribution in [0.3, 0.4) is 0 Å². The molecule has 24 heavy (non-hydrogen) atoms. The van der Waals surface area contributed by atoms with E-state index in [1.807, 2.05) is 29.2 Å². The molecule has 0 radical (unpaired) electrons. The van der Waals surface area contributed by atoms with Gasteiger partial charge >= 0.3 is 6.03 Å². The first-order valence-corrected chi connectivity index (χ1v) is 8.38. The Labute approximate surface area is 148 Å². The molecule has 2 atom stereocenters. The standard InChI is InChI=1S/C17H22N4O2.ClH/c22-16(20-10-13-8-18-9-14(13)11-20)12-3-1-4-15(7-12)21-6-2-5-19-17(21)23;/h1,3-4,7,13-14,18H,2,5-6,8-11H2,(H,19,23);1H/t13-,14+;. The first kappa shape index (κ1) is 17.0. The lowest BCUT2D eigenvalue weighted by atomic mass is 10.0. The molecule has 3 aliphatic rings. The van der Waals surface area contributed by atoms with Gasteiger partial charge in [-0.1, -0.05) is 6.07 Å². The van der Waals surface area contributed by atoms with Crippen LogP contribution in [0.5, 0.6) is 0 Å². The number of nitrogens with zero attached hydrogens (tertiary/aromatic N) is 2. The summed E-state index contributed by atoms with van der Waals surface area (Å²) in [6.07, 6.45) is 0.923. The third-order valence-electron chi connectivity index (χ3n) is 5.16. The highest BCUT2D eigenvalue weighted by Crippen LogP contribution is 2.28. The van der Waals surface area contributed by atoms with Gasteiger partial charge in [-0.25, -0.2) is 4.79 Å². The Balaban J connectivity index is 0.00000169. The normalized spacial score (nSPS) is 25.9. The molecule has 1 aromatic rings. The van der Waals surface area contributed by atoms with Crippen LogP contribution in [0.2, 0.25) is 0 Å². The number of carbonyl (C=O) groups excluding carboxylic acids is 2. The van der Waals surface area contributed by atoms with Crippen molar-refractivity contribution in [1.29, 1.82) is 0 Å². The van der Waals surface area contributed by atoms with Crippen LogP contribution in [0.4, 0.5) is 10.5 Å². The fourth-order valence-electron chi connectivity index (χ4n) is 3.89. The van der Waals surface area contributed by atoms with Gasteiger partial charge in [-0.15, -0.1) is 12.4 Å². The van der Waals surface area contributed by atoms with Gasteiger partial charge < -0.3 is 15.5 Å². The Hall–Kier alpha value is -1.79. The van der Waals surface area contributed by atoms with Crippen molar-refractivity contribution >= 4 is 30.0 Å². The average Bonchev–Trinajstić information content (AvgIpc) is 3.16. The van der Waals surface area contributed by atoms with Crippen molar-refractivity contribution in [3.8, 4) is 0 Å². The molecule has 6 nitrogen and oxygen atoms in total. The topological polar surface area (TPSA) is 64.7 Å². The number of rotatable bonds is 2. The van der Waals surface area contributed by atoms with E-state index in [-0.39, 0.29) is 24.3 Å². The predicted molar refractivity (Wildman–Crippen MR) is 94.8 cm³/mol. The van der Waals surface area contributed by atoms with E-state index in [2.05, 4.69) is 10.6 Å². The summed E-state index contributed by atoms with van der Waals surface area (Å²) in [5.41, 5.74) is 1.47. The number of fused-ring (bicyclic) bond motifs is 1. The zero-order chi connectivity index (χ0) is 15.8. The van der Waals surface area contributed by atoms with Crippen molar-refractivity contribution in [3.05, 3.63) is 29.8 Å². The van der Waals surface area contributed by atoms with Gasteiger partial charge in [0, 0.05) is 50.5 Å². The summed E-state index contributed by atoms with van der Waals surface area (Å²) in [7, 11) is 0. The van der Waals surface area contributed by atoms with Crippen LogP contribution >= 0.6 is 12.4 Å². The Bertz CT molecular complexity index is 627. The van der Waals surface area contributed by atoms with E-state index in [0.29, 0.717) is 23.9 Å². The second-order valence-corrected chi connectivity index (χ2v) is 6.68. The molecule has 2 N–H and O–H groups in total. The molecule has 0 spiro atoms. The highest BCUT2D eigenvalue weighted by Gasteiger charge is 2.38. The molecule has 130 valence electrons. The smallest absolute Gasteiger partial charge is 0.321 e. The molecule has 3 aliphatic heterocycles. The molecule has 3 heterocycles. The van der Waals surface area contributed by atoms with Crippen molar-refractivity contribution < 1.29 is 9.59 Å². The molecule has 0 bridgehead atoms. The molecule has 3 saturated heterocycles. The maximum Gasteiger partial charge on any atom is 0.321 e. The Morgan fingerprint density at radius 3 is 2.62 bits per heavy atom. The van der Waals surface area contributed by atoms with Crippen LogP contribution in [-0.4, -0.2) is 56.1 Å². The first-order valence-electron chi connectivity index (χ1n) is 8.38. The van der Waals surface area contributed by atoms with E-state index >= 15 is 0 Å². The van der Waals surface area contributed by atoms with Crippen LogP contribution < -0.4 is 15.5 Å². The van der Waals surface area contributed by atoms with Crippen LogP contribution in [0, 0.1) is 11.8 Å². The molecule has 3 fully saturated rings. The van der Waals surface area contributed by atoms with Gasteiger partial charge in [0.05, 0.1) is 0 Å². The van der Waals surface area contributed by atoms with Gasteiger partial charge in [-0.05, 0) is 36.5 Å². The van der Waals surface area contributed by atoms with E-state index < -0.39 is 0 Å². The highest BCUT2D eigenvalue weighted by atomic mass is 35.5. The van der Waals surface area contributed by atoms with Gasteiger partial charge in [0.1, 0.15) is 0 Å². The zero-order valence-corrected chi connectivity index (χ0v) is 14.3. The molecule has 0 aromatic heterocycles. The SMILES string of the molecule is Cl.O=C(c1cccc(N2CCCNC2=O)c1)N1C[C@H]2CNC[C@H]2C1. The number of halogens is 1. The van der Waals surface area contributed by atoms with Crippen molar-refractivity contribution in [2.24, 2.45) is 11.8 Å². The summed E-state index contributed by atoms with van der Waals surface area (Å²) in [6, 6.07) is 7.37. The van der Waals surface area contributed by atoms with Crippen LogP contribution in [-0.2, 0) is 0 Å². The van der Waals surface area contributed by atoms with Gasteiger partial charge in [0.2, 0.25) is 0 Å². The number of benzene rings is 1. The lowest BCUT2D eigenvalue weighted by molar-refractivity contribution is 0.0781. The highest BCUT2D eigenvalue weighted by molar-refractivity contribution is 5.98. The molecular weight excluding hydrogens is 328 g/mol. The molecular formula is C17H23ClN4O2. The first-order chi connectivity index (χ1) is 11.2. The van der Waals surface area contributed by atoms with E-state index in [1.54, 1.807) is 4.90 Å². The minimum absolute atomic E-state index is 0. The summed E-state index contributed by atoms with van der Waals surface area (Å²) in [5.74, 6) is 1.27. The number of nitrogens with one attached hydrogen (secondary N) is 2. The average molecular weight is 351 g/mol. The van der Waals surface area contributed by atoms with Crippen molar-refractivity contribution in [2.75, 3.05) is 44.2 Å². The second kappa shape index (κ2) is 6.99. The van der Waals surface area contributed by atoms with Gasteiger partial charge in [0.15, 0.2) is 0 Å². The number of urea groups is 1. The largest absolute Gasteiger partial charge is 0.338 e. The van der Waals surface area contributed by atoms with E-state index in [9.17, 15) is 9.59 Å². The number of amides is 3. The third kappa shape index (κ3) is 3.08. The van der Waals surface area contributed by atoms with Crippen LogP contribution in [0.25, 0.3) is 0 Å². The van der Waals surface area contributed by atoms with Crippen molar-refractivity contribution in [3.63, 3.8) is 0 Å². The van der Waals surface area contributed by atoms with Crippen molar-refractivity contribution in [2.45, 2.75) is 6.42 Å². The monoisotopic (exact) mass is 350 g/mol. The second-order valence-electron chi connectivity index (χ2n) is 6.68. The van der Waals surface area contributed by atoms with Gasteiger partial charge in [0.25, 0.3) is 5.91 Å². The number of carbonyl (C=O) groups is 2. The number of anilines is 1. The predicted octanol–water partition coefficient (Wildman–Crippen LogP) is 1.32. The summed E-state index contributed by atoms with van der Waals surface area (Å²) >= 11 is 0. The minimum atomic E-state index is -0.0809. The number of hydrogen-bond acceptors (Lipinski definition) is 3. The fourth-order valence-corrected chi connectivity index (χ4v) is 3.89. The molecule has 1 aromatic carbocycles. The Morgan fingerprint density at radius 1 is 1.17 bits per heavy atom. The van der Waals surface area contributed by atoms with E-state index in [4.69, 9.17) is 0 Å². The van der Waals surface area contributed by atoms with Gasteiger partial charge in [-0.2, -0.15) is 0 Å².